The van der Waals surface area contributed by atoms with Crippen molar-refractivity contribution in [2.24, 2.45) is 7.05 Å². The van der Waals surface area contributed by atoms with Gasteiger partial charge in [0.25, 0.3) is 0 Å². The van der Waals surface area contributed by atoms with Crippen LogP contribution in [0.1, 0.15) is 10.4 Å². The van der Waals surface area contributed by atoms with Crippen molar-refractivity contribution >= 4 is 29.3 Å². The average Bonchev–Trinajstić information content (AvgIpc) is 2.63. The third-order valence-electron chi connectivity index (χ3n) is 2.10. The number of nitrogens with one attached hydrogen (secondary N) is 1. The summed E-state index contributed by atoms with van der Waals surface area (Å²) in [7, 11) is 1.54. The van der Waals surface area contributed by atoms with Gasteiger partial charge in [-0.15, -0.1) is 5.10 Å². The van der Waals surface area contributed by atoms with Gasteiger partial charge < -0.3 is 5.11 Å². The molecule has 0 aromatic carbocycles. The Morgan fingerprint density at radius 2 is 2.33 bits per heavy atom. The topological polar surface area (TPSA) is 101 Å². The van der Waals surface area contributed by atoms with Crippen molar-refractivity contribution < 1.29 is 9.90 Å². The molecular weight excluding hydrogens is 280 g/mol. The SMILES string of the molecule is Cn1c(Sc2cc(C(=O)O)c(Cl)cn2)n[nH]c1=O. The second-order valence-electron chi connectivity index (χ2n) is 3.28. The number of H-pyrrole nitrogens is 1. The molecule has 0 amide bonds. The van der Waals surface area contributed by atoms with Gasteiger partial charge in [0.15, 0.2) is 5.16 Å². The molecule has 94 valence electrons. The van der Waals surface area contributed by atoms with Crippen LogP contribution in [0.2, 0.25) is 5.02 Å². The van der Waals surface area contributed by atoms with E-state index < -0.39 is 5.97 Å². The van der Waals surface area contributed by atoms with Gasteiger partial charge in [-0.2, -0.15) is 0 Å². The predicted octanol–water partition coefficient (Wildman–Crippen LogP) is 1.01. The van der Waals surface area contributed by atoms with Crippen molar-refractivity contribution in [2.45, 2.75) is 10.2 Å². The van der Waals surface area contributed by atoms with Crippen molar-refractivity contribution in [3.63, 3.8) is 0 Å². The van der Waals surface area contributed by atoms with E-state index in [-0.39, 0.29) is 16.3 Å². The van der Waals surface area contributed by atoms with Crippen molar-refractivity contribution in [3.05, 3.63) is 33.3 Å². The summed E-state index contributed by atoms with van der Waals surface area (Å²) in [5.74, 6) is -1.14. The Kier molecular flexibility index (Phi) is 3.39. The zero-order valence-corrected chi connectivity index (χ0v) is 10.6. The summed E-state index contributed by atoms with van der Waals surface area (Å²) in [6.07, 6.45) is 1.25. The molecule has 2 N–H and O–H groups in total. The first-order valence-electron chi connectivity index (χ1n) is 4.67. The van der Waals surface area contributed by atoms with Crippen molar-refractivity contribution in [1.82, 2.24) is 19.7 Å². The molecule has 2 aromatic heterocycles. The van der Waals surface area contributed by atoms with E-state index in [1.54, 1.807) is 7.05 Å². The summed E-state index contributed by atoms with van der Waals surface area (Å²) in [6.45, 7) is 0. The van der Waals surface area contributed by atoms with E-state index >= 15 is 0 Å². The summed E-state index contributed by atoms with van der Waals surface area (Å²) in [6, 6.07) is 1.33. The third kappa shape index (κ3) is 2.39. The first-order valence-corrected chi connectivity index (χ1v) is 5.86. The normalized spacial score (nSPS) is 10.6. The van der Waals surface area contributed by atoms with Gasteiger partial charge in [0, 0.05) is 13.2 Å². The molecule has 0 fully saturated rings. The molecule has 18 heavy (non-hydrogen) atoms. The number of carboxylic acid groups (broad SMARTS) is 1. The maximum atomic E-state index is 11.2. The van der Waals surface area contributed by atoms with E-state index in [9.17, 15) is 9.59 Å². The van der Waals surface area contributed by atoms with Crippen LogP contribution in [-0.2, 0) is 7.05 Å². The lowest BCUT2D eigenvalue weighted by Gasteiger charge is -2.02. The third-order valence-corrected chi connectivity index (χ3v) is 3.38. The second-order valence-corrected chi connectivity index (χ2v) is 4.67. The highest BCUT2D eigenvalue weighted by Gasteiger charge is 2.13. The van der Waals surface area contributed by atoms with Crippen LogP contribution in [-0.4, -0.2) is 30.8 Å². The number of hydrogen-bond donors (Lipinski definition) is 2. The van der Waals surface area contributed by atoms with Gasteiger partial charge in [-0.25, -0.2) is 19.7 Å². The van der Waals surface area contributed by atoms with E-state index in [2.05, 4.69) is 15.2 Å². The van der Waals surface area contributed by atoms with Crippen molar-refractivity contribution in [1.29, 1.82) is 0 Å². The van der Waals surface area contributed by atoms with Crippen molar-refractivity contribution in [3.8, 4) is 0 Å². The highest BCUT2D eigenvalue weighted by atomic mass is 35.5. The lowest BCUT2D eigenvalue weighted by Crippen LogP contribution is -2.12. The number of halogens is 1. The molecule has 0 atom stereocenters. The molecule has 0 spiro atoms. The Balaban J connectivity index is 2.36. The highest BCUT2D eigenvalue weighted by Crippen LogP contribution is 2.26. The van der Waals surface area contributed by atoms with Gasteiger partial charge in [-0.1, -0.05) is 11.6 Å². The van der Waals surface area contributed by atoms with Crippen LogP contribution >= 0.6 is 23.4 Å². The molecule has 0 bridgehead atoms. The Morgan fingerprint density at radius 3 is 2.89 bits per heavy atom. The summed E-state index contributed by atoms with van der Waals surface area (Å²) in [5, 5.41) is 15.8. The molecule has 0 aliphatic rings. The Hall–Kier alpha value is -1.80. The van der Waals surface area contributed by atoms with Gasteiger partial charge in [-0.05, 0) is 17.8 Å². The fourth-order valence-corrected chi connectivity index (χ4v) is 2.12. The highest BCUT2D eigenvalue weighted by molar-refractivity contribution is 7.99. The number of hydrogen-bond acceptors (Lipinski definition) is 5. The van der Waals surface area contributed by atoms with Gasteiger partial charge in [-0.3, -0.25) is 4.57 Å². The standard InChI is InChI=1S/C9H7ClN4O3S/c1-14-8(17)12-13-9(14)18-6-2-4(7(15)16)5(10)3-11-6/h2-3H,1H3,(H,12,17)(H,15,16). The Labute approximate surface area is 110 Å². The zero-order valence-electron chi connectivity index (χ0n) is 9.05. The zero-order chi connectivity index (χ0) is 13.3. The number of aromatic nitrogens is 4. The molecule has 0 aliphatic heterocycles. The second kappa shape index (κ2) is 4.83. The van der Waals surface area contributed by atoms with Crippen LogP contribution in [0.25, 0.3) is 0 Å². The summed E-state index contributed by atoms with van der Waals surface area (Å²) < 4.78 is 1.29. The summed E-state index contributed by atoms with van der Waals surface area (Å²) >= 11 is 6.76. The Bertz CT molecular complexity index is 666. The molecular formula is C9H7ClN4O3S. The minimum Gasteiger partial charge on any atom is -0.478 e. The van der Waals surface area contributed by atoms with Gasteiger partial charge >= 0.3 is 11.7 Å². The van der Waals surface area contributed by atoms with E-state index in [0.29, 0.717) is 10.2 Å². The first kappa shape index (κ1) is 12.7. The average molecular weight is 287 g/mol. The molecule has 2 heterocycles. The van der Waals surface area contributed by atoms with E-state index in [1.807, 2.05) is 0 Å². The Morgan fingerprint density at radius 1 is 1.61 bits per heavy atom. The molecule has 0 saturated heterocycles. The number of aromatic amines is 1. The minimum absolute atomic E-state index is 0.0466. The van der Waals surface area contributed by atoms with Crippen LogP contribution in [0.4, 0.5) is 0 Å². The smallest absolute Gasteiger partial charge is 0.343 e. The predicted molar refractivity (Wildman–Crippen MR) is 64.2 cm³/mol. The number of nitrogens with zero attached hydrogens (tertiary/aromatic N) is 3. The summed E-state index contributed by atoms with van der Waals surface area (Å²) in [5.41, 5.74) is -0.403. The van der Waals surface area contributed by atoms with Crippen LogP contribution in [0, 0.1) is 0 Å². The van der Waals surface area contributed by atoms with E-state index in [1.165, 1.54) is 16.8 Å². The molecule has 7 nitrogen and oxygen atoms in total. The maximum Gasteiger partial charge on any atom is 0.343 e. The lowest BCUT2D eigenvalue weighted by atomic mass is 10.3. The number of aromatic carboxylic acids is 1. The molecule has 0 aliphatic carbocycles. The first-order chi connectivity index (χ1) is 8.49. The number of pyridine rings is 1. The van der Waals surface area contributed by atoms with Gasteiger partial charge in [0.05, 0.1) is 10.6 Å². The fraction of sp³-hybridized carbons (Fsp3) is 0.111. The van der Waals surface area contributed by atoms with E-state index in [0.717, 1.165) is 11.8 Å². The van der Waals surface area contributed by atoms with Gasteiger partial charge in [0.1, 0.15) is 5.03 Å². The largest absolute Gasteiger partial charge is 0.478 e. The van der Waals surface area contributed by atoms with Gasteiger partial charge in [0.2, 0.25) is 0 Å². The quantitative estimate of drug-likeness (QED) is 0.873. The molecule has 0 saturated carbocycles. The molecule has 0 radical (unpaired) electrons. The monoisotopic (exact) mass is 286 g/mol. The summed E-state index contributed by atoms with van der Waals surface area (Å²) in [4.78, 5) is 26.0. The van der Waals surface area contributed by atoms with Crippen LogP contribution in [0.5, 0.6) is 0 Å². The minimum atomic E-state index is -1.14. The number of carboxylic acids is 1. The molecule has 9 heteroatoms. The molecule has 2 rings (SSSR count). The maximum absolute atomic E-state index is 11.2. The van der Waals surface area contributed by atoms with Crippen LogP contribution in [0.3, 0.4) is 0 Å². The fourth-order valence-electron chi connectivity index (χ4n) is 1.16. The molecule has 0 unspecified atom stereocenters. The number of carbonyl (C=O) groups is 1. The van der Waals surface area contributed by atoms with Crippen LogP contribution < -0.4 is 5.69 Å². The van der Waals surface area contributed by atoms with Crippen molar-refractivity contribution in [2.75, 3.05) is 0 Å². The van der Waals surface area contributed by atoms with Crippen LogP contribution in [0.15, 0.2) is 27.2 Å². The lowest BCUT2D eigenvalue weighted by molar-refractivity contribution is 0.0696. The number of rotatable bonds is 3. The molecule has 2 aromatic rings. The van der Waals surface area contributed by atoms with E-state index in [4.69, 9.17) is 16.7 Å².